The lowest BCUT2D eigenvalue weighted by molar-refractivity contribution is -0.117. The average Bonchev–Trinajstić information content (AvgIpc) is 2.26. The van der Waals surface area contributed by atoms with Gasteiger partial charge in [-0.2, -0.15) is 0 Å². The third-order valence-electron chi connectivity index (χ3n) is 1.97. The van der Waals surface area contributed by atoms with Crippen molar-refractivity contribution < 1.29 is 4.79 Å². The van der Waals surface area contributed by atoms with E-state index in [1.165, 1.54) is 0 Å². The molecule has 0 unspecified atom stereocenters. The minimum absolute atomic E-state index is 0.0393. The molecule has 0 saturated heterocycles. The van der Waals surface area contributed by atoms with Gasteiger partial charge in [0.15, 0.2) is 0 Å². The van der Waals surface area contributed by atoms with Crippen LogP contribution in [0.5, 0.6) is 0 Å². The van der Waals surface area contributed by atoms with E-state index >= 15 is 0 Å². The molecular weight excluding hydrogens is 186 g/mol. The van der Waals surface area contributed by atoms with Crippen molar-refractivity contribution in [2.75, 3.05) is 6.54 Å². The second-order valence-corrected chi connectivity index (χ2v) is 2.94. The first-order valence-corrected chi connectivity index (χ1v) is 5.56. The quantitative estimate of drug-likeness (QED) is 0.741. The Hall–Kier alpha value is -1.31. The van der Waals surface area contributed by atoms with Crippen LogP contribution in [0.4, 0.5) is 0 Å². The van der Waals surface area contributed by atoms with Crippen LogP contribution in [0.1, 0.15) is 34.1 Å². The Labute approximate surface area is 92.8 Å². The summed E-state index contributed by atoms with van der Waals surface area (Å²) in [5.41, 5.74) is 1.93. The fraction of sp³-hybridized carbons (Fsp3) is 0.462. The number of nitrogens with one attached hydrogen (secondary N) is 1. The summed E-state index contributed by atoms with van der Waals surface area (Å²) < 4.78 is 0. The molecule has 1 aliphatic rings. The molecule has 0 aliphatic carbocycles. The molecule has 0 saturated carbocycles. The molecular formula is C13H21NO. The summed E-state index contributed by atoms with van der Waals surface area (Å²) in [5.74, 6) is 0.0393. The van der Waals surface area contributed by atoms with Crippen LogP contribution >= 0.6 is 0 Å². The lowest BCUT2D eigenvalue weighted by Gasteiger charge is -2.15. The summed E-state index contributed by atoms with van der Waals surface area (Å²) in [4.78, 5) is 11.4. The summed E-state index contributed by atoms with van der Waals surface area (Å²) in [6.45, 7) is 8.63. The highest BCUT2D eigenvalue weighted by atomic mass is 16.1. The Balaban J connectivity index is 0.000000921. The maximum absolute atomic E-state index is 11.4. The SMILES string of the molecule is C/C=C\C1=C(/C=C\C)C(=O)NCC1.CC. The summed E-state index contributed by atoms with van der Waals surface area (Å²) in [5, 5.41) is 2.82. The van der Waals surface area contributed by atoms with Gasteiger partial charge in [-0.25, -0.2) is 0 Å². The second kappa shape index (κ2) is 8.04. The van der Waals surface area contributed by atoms with Gasteiger partial charge < -0.3 is 5.32 Å². The topological polar surface area (TPSA) is 29.1 Å². The van der Waals surface area contributed by atoms with Crippen LogP contribution in [0, 0.1) is 0 Å². The first-order chi connectivity index (χ1) is 7.29. The van der Waals surface area contributed by atoms with Crippen LogP contribution in [0.25, 0.3) is 0 Å². The number of allylic oxidation sites excluding steroid dienone is 3. The molecule has 0 aromatic carbocycles. The molecule has 2 nitrogen and oxygen atoms in total. The van der Waals surface area contributed by atoms with E-state index in [9.17, 15) is 4.79 Å². The van der Waals surface area contributed by atoms with Gasteiger partial charge in [-0.1, -0.05) is 38.2 Å². The molecule has 0 aromatic rings. The number of carbonyl (C=O) groups is 1. The summed E-state index contributed by atoms with van der Waals surface area (Å²) in [7, 11) is 0. The van der Waals surface area contributed by atoms with Gasteiger partial charge in [0.2, 0.25) is 0 Å². The van der Waals surface area contributed by atoms with Crippen LogP contribution in [0.2, 0.25) is 0 Å². The van der Waals surface area contributed by atoms with Gasteiger partial charge in [-0.15, -0.1) is 0 Å². The minimum Gasteiger partial charge on any atom is -0.352 e. The average molecular weight is 207 g/mol. The predicted octanol–water partition coefficient (Wildman–Crippen LogP) is 2.98. The third kappa shape index (κ3) is 4.15. The van der Waals surface area contributed by atoms with Gasteiger partial charge in [0.05, 0.1) is 0 Å². The predicted molar refractivity (Wildman–Crippen MR) is 65.6 cm³/mol. The van der Waals surface area contributed by atoms with Crippen molar-refractivity contribution in [1.82, 2.24) is 5.32 Å². The molecule has 2 heteroatoms. The Morgan fingerprint density at radius 2 is 1.73 bits per heavy atom. The van der Waals surface area contributed by atoms with Crippen LogP contribution in [-0.4, -0.2) is 12.5 Å². The molecule has 1 N–H and O–H groups in total. The molecule has 0 aromatic heterocycles. The number of carbonyl (C=O) groups excluding carboxylic acids is 1. The molecule has 1 rings (SSSR count). The highest BCUT2D eigenvalue weighted by Crippen LogP contribution is 2.16. The lowest BCUT2D eigenvalue weighted by atomic mass is 10.00. The van der Waals surface area contributed by atoms with Crippen molar-refractivity contribution in [3.63, 3.8) is 0 Å². The van der Waals surface area contributed by atoms with E-state index in [1.807, 2.05) is 52.0 Å². The first kappa shape index (κ1) is 13.7. The van der Waals surface area contributed by atoms with Crippen molar-refractivity contribution in [2.45, 2.75) is 34.1 Å². The van der Waals surface area contributed by atoms with E-state index in [2.05, 4.69) is 5.32 Å². The van der Waals surface area contributed by atoms with Crippen molar-refractivity contribution in [3.8, 4) is 0 Å². The summed E-state index contributed by atoms with van der Waals surface area (Å²) in [6.07, 6.45) is 8.66. The third-order valence-corrected chi connectivity index (χ3v) is 1.97. The number of rotatable bonds is 2. The smallest absolute Gasteiger partial charge is 0.251 e. The van der Waals surface area contributed by atoms with Gasteiger partial charge in [-0.05, 0) is 25.8 Å². The van der Waals surface area contributed by atoms with Crippen LogP contribution in [0.15, 0.2) is 35.5 Å². The Morgan fingerprint density at radius 1 is 1.13 bits per heavy atom. The van der Waals surface area contributed by atoms with E-state index in [1.54, 1.807) is 0 Å². The van der Waals surface area contributed by atoms with Crippen molar-refractivity contribution in [2.24, 2.45) is 0 Å². The van der Waals surface area contributed by atoms with Gasteiger partial charge in [0.25, 0.3) is 5.91 Å². The van der Waals surface area contributed by atoms with E-state index in [-0.39, 0.29) is 5.91 Å². The standard InChI is InChI=1S/C11H15NO.C2H6/c1-3-5-9-7-8-12-11(13)10(9)6-4-2;1-2/h3-6H,7-8H2,1-2H3,(H,12,13);1-2H3/b5-3-,6-4-;. The van der Waals surface area contributed by atoms with Crippen molar-refractivity contribution >= 4 is 5.91 Å². The van der Waals surface area contributed by atoms with Gasteiger partial charge in [0.1, 0.15) is 0 Å². The van der Waals surface area contributed by atoms with Crippen molar-refractivity contribution in [3.05, 3.63) is 35.5 Å². The van der Waals surface area contributed by atoms with Gasteiger partial charge in [0, 0.05) is 12.1 Å². The van der Waals surface area contributed by atoms with Gasteiger partial charge in [-0.3, -0.25) is 4.79 Å². The summed E-state index contributed by atoms with van der Waals surface area (Å²) in [6, 6.07) is 0. The molecule has 1 aliphatic heterocycles. The molecule has 0 spiro atoms. The molecule has 0 fully saturated rings. The highest BCUT2D eigenvalue weighted by Gasteiger charge is 2.15. The van der Waals surface area contributed by atoms with Gasteiger partial charge >= 0.3 is 0 Å². The zero-order chi connectivity index (χ0) is 11.7. The maximum atomic E-state index is 11.4. The normalized spacial score (nSPS) is 16.7. The Bertz CT molecular complexity index is 285. The minimum atomic E-state index is 0.0393. The number of hydrogen-bond donors (Lipinski definition) is 1. The number of amides is 1. The molecule has 15 heavy (non-hydrogen) atoms. The number of hydrogen-bond acceptors (Lipinski definition) is 1. The molecule has 1 amide bonds. The molecule has 0 atom stereocenters. The van der Waals surface area contributed by atoms with Crippen LogP contribution < -0.4 is 5.32 Å². The van der Waals surface area contributed by atoms with E-state index < -0.39 is 0 Å². The monoisotopic (exact) mass is 207 g/mol. The van der Waals surface area contributed by atoms with Crippen LogP contribution in [0.3, 0.4) is 0 Å². The second-order valence-electron chi connectivity index (χ2n) is 2.94. The zero-order valence-corrected chi connectivity index (χ0v) is 10.1. The van der Waals surface area contributed by atoms with E-state index in [4.69, 9.17) is 0 Å². The zero-order valence-electron chi connectivity index (χ0n) is 10.1. The maximum Gasteiger partial charge on any atom is 0.251 e. The highest BCUT2D eigenvalue weighted by molar-refractivity contribution is 5.98. The fourth-order valence-electron chi connectivity index (χ4n) is 1.41. The molecule has 84 valence electrons. The van der Waals surface area contributed by atoms with Crippen LogP contribution in [-0.2, 0) is 4.79 Å². The molecule has 0 bridgehead atoms. The van der Waals surface area contributed by atoms with E-state index in [0.717, 1.165) is 24.1 Å². The van der Waals surface area contributed by atoms with E-state index in [0.29, 0.717) is 0 Å². The largest absolute Gasteiger partial charge is 0.352 e. The summed E-state index contributed by atoms with van der Waals surface area (Å²) >= 11 is 0. The van der Waals surface area contributed by atoms with Crippen molar-refractivity contribution in [1.29, 1.82) is 0 Å². The lowest BCUT2D eigenvalue weighted by Crippen LogP contribution is -2.30. The first-order valence-electron chi connectivity index (χ1n) is 5.56. The molecule has 0 radical (unpaired) electrons. The fourth-order valence-corrected chi connectivity index (χ4v) is 1.41. The Morgan fingerprint density at radius 3 is 2.27 bits per heavy atom. The molecule has 1 heterocycles. The Kier molecular flexibility index (Phi) is 7.33.